The maximum atomic E-state index is 11.0. The van der Waals surface area contributed by atoms with Crippen LogP contribution in [-0.2, 0) is 5.41 Å². The molecular formula is C12H16ClN3O2. The molecule has 18 heavy (non-hydrogen) atoms. The van der Waals surface area contributed by atoms with Crippen molar-refractivity contribution >= 4 is 28.8 Å². The second-order valence-electron chi connectivity index (χ2n) is 4.95. The molecule has 0 bridgehead atoms. The Hall–Kier alpha value is -1.62. The van der Waals surface area contributed by atoms with E-state index in [0.717, 1.165) is 5.56 Å². The molecule has 1 rings (SSSR count). The standard InChI is InChI=1S/C12H16ClN3O2/c1-12(2,3)8-4-5-9(15-11(14)7-13)10(6-8)16(17)18/h4-6H,7H2,1-3H3,(H2,14,15). The smallest absolute Gasteiger partial charge is 0.295 e. The molecule has 0 heterocycles. The second kappa shape index (κ2) is 5.35. The van der Waals surface area contributed by atoms with Crippen molar-refractivity contribution in [3.8, 4) is 0 Å². The number of aliphatic imine (C=N–C) groups is 1. The molecule has 5 nitrogen and oxygen atoms in total. The highest BCUT2D eigenvalue weighted by Crippen LogP contribution is 2.33. The predicted molar refractivity (Wildman–Crippen MR) is 73.8 cm³/mol. The maximum absolute atomic E-state index is 11.0. The van der Waals surface area contributed by atoms with Crippen LogP contribution >= 0.6 is 11.6 Å². The number of alkyl halides is 1. The van der Waals surface area contributed by atoms with Crippen molar-refractivity contribution in [2.45, 2.75) is 26.2 Å². The molecule has 98 valence electrons. The van der Waals surface area contributed by atoms with E-state index in [1.807, 2.05) is 26.8 Å². The third-order valence-corrected chi connectivity index (χ3v) is 2.71. The maximum Gasteiger partial charge on any atom is 0.295 e. The van der Waals surface area contributed by atoms with Gasteiger partial charge in [-0.25, -0.2) is 4.99 Å². The van der Waals surface area contributed by atoms with E-state index in [-0.39, 0.29) is 28.5 Å². The molecule has 0 unspecified atom stereocenters. The van der Waals surface area contributed by atoms with Crippen LogP contribution in [0.15, 0.2) is 23.2 Å². The van der Waals surface area contributed by atoms with E-state index in [9.17, 15) is 10.1 Å². The first-order valence-corrected chi connectivity index (χ1v) is 5.97. The van der Waals surface area contributed by atoms with Crippen molar-refractivity contribution in [3.05, 3.63) is 33.9 Å². The fraction of sp³-hybridized carbons (Fsp3) is 0.417. The van der Waals surface area contributed by atoms with Gasteiger partial charge in [0.05, 0.1) is 10.8 Å². The SMILES string of the molecule is CC(C)(C)c1ccc(N=C(N)CCl)c([N+](=O)[O-])c1. The molecule has 0 fully saturated rings. The van der Waals surface area contributed by atoms with Crippen LogP contribution in [0.25, 0.3) is 0 Å². The Morgan fingerprint density at radius 1 is 1.50 bits per heavy atom. The lowest BCUT2D eigenvalue weighted by molar-refractivity contribution is -0.384. The molecular weight excluding hydrogens is 254 g/mol. The van der Waals surface area contributed by atoms with Gasteiger partial charge >= 0.3 is 0 Å². The molecule has 0 aliphatic carbocycles. The van der Waals surface area contributed by atoms with Gasteiger partial charge in [0.1, 0.15) is 11.5 Å². The Bertz CT molecular complexity index is 493. The average Bonchev–Trinajstić information content (AvgIpc) is 2.27. The van der Waals surface area contributed by atoms with Gasteiger partial charge in [-0.1, -0.05) is 26.8 Å². The number of rotatable bonds is 3. The van der Waals surface area contributed by atoms with E-state index in [2.05, 4.69) is 4.99 Å². The minimum absolute atomic E-state index is 0.0399. The summed E-state index contributed by atoms with van der Waals surface area (Å²) in [7, 11) is 0. The second-order valence-corrected chi connectivity index (χ2v) is 5.21. The van der Waals surface area contributed by atoms with Crippen LogP contribution in [-0.4, -0.2) is 16.6 Å². The zero-order valence-corrected chi connectivity index (χ0v) is 11.4. The van der Waals surface area contributed by atoms with Gasteiger partial charge in [0, 0.05) is 6.07 Å². The quantitative estimate of drug-likeness (QED) is 0.301. The molecule has 6 heteroatoms. The van der Waals surface area contributed by atoms with Crippen LogP contribution in [0.1, 0.15) is 26.3 Å². The van der Waals surface area contributed by atoms with E-state index in [1.165, 1.54) is 6.07 Å². The van der Waals surface area contributed by atoms with Crippen molar-refractivity contribution < 1.29 is 4.92 Å². The number of hydrogen-bond acceptors (Lipinski definition) is 3. The van der Waals surface area contributed by atoms with E-state index < -0.39 is 4.92 Å². The van der Waals surface area contributed by atoms with E-state index in [1.54, 1.807) is 6.07 Å². The Labute approximate surface area is 111 Å². The third-order valence-electron chi connectivity index (χ3n) is 2.44. The molecule has 0 saturated heterocycles. The predicted octanol–water partition coefficient (Wildman–Crippen LogP) is 3.12. The summed E-state index contributed by atoms with van der Waals surface area (Å²) in [5.74, 6) is 0.196. The Balaban J connectivity index is 3.34. The molecule has 1 aromatic carbocycles. The molecule has 0 radical (unpaired) electrons. The lowest BCUT2D eigenvalue weighted by atomic mass is 9.86. The summed E-state index contributed by atoms with van der Waals surface area (Å²) in [6.07, 6.45) is 0. The molecule has 0 saturated carbocycles. The van der Waals surface area contributed by atoms with Gasteiger partial charge in [0.25, 0.3) is 5.69 Å². The number of halogens is 1. The third kappa shape index (κ3) is 3.43. The molecule has 2 N–H and O–H groups in total. The lowest BCUT2D eigenvalue weighted by Gasteiger charge is -2.18. The first-order valence-electron chi connectivity index (χ1n) is 5.43. The van der Waals surface area contributed by atoms with Crippen molar-refractivity contribution in [3.63, 3.8) is 0 Å². The number of benzene rings is 1. The van der Waals surface area contributed by atoms with Crippen molar-refractivity contribution in [1.29, 1.82) is 0 Å². The molecule has 0 aliphatic heterocycles. The highest BCUT2D eigenvalue weighted by Gasteiger charge is 2.20. The minimum Gasteiger partial charge on any atom is -0.386 e. The normalized spacial score (nSPS) is 12.6. The van der Waals surface area contributed by atoms with Gasteiger partial charge in [0.2, 0.25) is 0 Å². The molecule has 0 aliphatic rings. The van der Waals surface area contributed by atoms with Gasteiger partial charge in [-0.05, 0) is 17.0 Å². The number of nitro benzene ring substituents is 1. The van der Waals surface area contributed by atoms with Crippen molar-refractivity contribution in [1.82, 2.24) is 0 Å². The van der Waals surface area contributed by atoms with Crippen LogP contribution in [0.4, 0.5) is 11.4 Å². The fourth-order valence-corrected chi connectivity index (χ4v) is 1.48. The van der Waals surface area contributed by atoms with E-state index in [0.29, 0.717) is 0 Å². The highest BCUT2D eigenvalue weighted by molar-refractivity contribution is 6.28. The average molecular weight is 270 g/mol. The van der Waals surface area contributed by atoms with Crippen LogP contribution in [0.2, 0.25) is 0 Å². The lowest BCUT2D eigenvalue weighted by Crippen LogP contribution is -2.13. The van der Waals surface area contributed by atoms with E-state index >= 15 is 0 Å². The summed E-state index contributed by atoms with van der Waals surface area (Å²) < 4.78 is 0. The number of nitrogens with two attached hydrogens (primary N) is 1. The van der Waals surface area contributed by atoms with Crippen LogP contribution in [0.3, 0.4) is 0 Å². The number of nitrogens with zero attached hydrogens (tertiary/aromatic N) is 2. The Kier molecular flexibility index (Phi) is 4.29. The number of amidine groups is 1. The zero-order valence-electron chi connectivity index (χ0n) is 10.6. The number of hydrogen-bond donors (Lipinski definition) is 1. The van der Waals surface area contributed by atoms with Crippen molar-refractivity contribution in [2.75, 3.05) is 5.88 Å². The minimum atomic E-state index is -0.463. The summed E-state index contributed by atoms with van der Waals surface area (Å²) in [5, 5.41) is 11.0. The molecule has 1 aromatic rings. The number of nitro groups is 1. The highest BCUT2D eigenvalue weighted by atomic mass is 35.5. The van der Waals surface area contributed by atoms with Crippen molar-refractivity contribution in [2.24, 2.45) is 10.7 Å². The summed E-state index contributed by atoms with van der Waals surface area (Å²) in [6.45, 7) is 5.96. The largest absolute Gasteiger partial charge is 0.386 e. The van der Waals surface area contributed by atoms with Crippen LogP contribution in [0.5, 0.6) is 0 Å². The van der Waals surface area contributed by atoms with Gasteiger partial charge in [0.15, 0.2) is 0 Å². The molecule has 0 spiro atoms. The first-order chi connectivity index (χ1) is 8.25. The Morgan fingerprint density at radius 2 is 2.11 bits per heavy atom. The summed E-state index contributed by atoms with van der Waals surface area (Å²) in [4.78, 5) is 14.5. The summed E-state index contributed by atoms with van der Waals surface area (Å²) >= 11 is 5.51. The molecule has 0 amide bonds. The van der Waals surface area contributed by atoms with Gasteiger partial charge < -0.3 is 5.73 Å². The molecule has 0 atom stereocenters. The van der Waals surface area contributed by atoms with Crippen LogP contribution < -0.4 is 5.73 Å². The topological polar surface area (TPSA) is 81.5 Å². The zero-order chi connectivity index (χ0) is 13.9. The monoisotopic (exact) mass is 269 g/mol. The fourth-order valence-electron chi connectivity index (χ4n) is 1.42. The Morgan fingerprint density at radius 3 is 2.56 bits per heavy atom. The molecule has 0 aromatic heterocycles. The van der Waals surface area contributed by atoms with E-state index in [4.69, 9.17) is 17.3 Å². The van der Waals surface area contributed by atoms with Gasteiger partial charge in [-0.15, -0.1) is 11.6 Å². The summed E-state index contributed by atoms with van der Waals surface area (Å²) in [5.41, 5.74) is 6.37. The van der Waals surface area contributed by atoms with Gasteiger partial charge in [-0.3, -0.25) is 10.1 Å². The summed E-state index contributed by atoms with van der Waals surface area (Å²) in [6, 6.07) is 4.94. The first kappa shape index (κ1) is 14.4. The van der Waals surface area contributed by atoms with Gasteiger partial charge in [-0.2, -0.15) is 0 Å². The van der Waals surface area contributed by atoms with Crippen LogP contribution in [0, 0.1) is 10.1 Å².